The number of aryl methyl sites for hydroxylation is 1. The Kier molecular flexibility index (Phi) is 4.75. The van der Waals surface area contributed by atoms with Gasteiger partial charge in [-0.1, -0.05) is 22.0 Å². The maximum Gasteiger partial charge on any atom is 0.272 e. The first-order chi connectivity index (χ1) is 8.74. The van der Waals surface area contributed by atoms with Crippen LogP contribution in [0.4, 0.5) is 0 Å². The van der Waals surface area contributed by atoms with E-state index in [4.69, 9.17) is 0 Å². The lowest BCUT2D eigenvalue weighted by Crippen LogP contribution is -2.45. The maximum absolute atomic E-state index is 12.6. The number of aromatic nitrogens is 1. The summed E-state index contributed by atoms with van der Waals surface area (Å²) in [6, 6.07) is 4.25. The number of carbonyl (C=O) groups is 1. The fourth-order valence-corrected chi connectivity index (χ4v) is 2.47. The highest BCUT2D eigenvalue weighted by Crippen LogP contribution is 2.26. The summed E-state index contributed by atoms with van der Waals surface area (Å²) in [6.45, 7) is 2.77. The van der Waals surface area contributed by atoms with E-state index in [1.165, 1.54) is 6.42 Å². The molecule has 18 heavy (non-hydrogen) atoms. The SMILES string of the molecule is Cc1cccnc1C(=O)N(CCCBr)C1CCC1. The zero-order valence-electron chi connectivity index (χ0n) is 10.7. The number of rotatable bonds is 5. The first-order valence-electron chi connectivity index (χ1n) is 6.52. The monoisotopic (exact) mass is 310 g/mol. The van der Waals surface area contributed by atoms with E-state index in [1.54, 1.807) is 6.20 Å². The lowest BCUT2D eigenvalue weighted by atomic mass is 9.91. The van der Waals surface area contributed by atoms with Crippen molar-refractivity contribution in [3.63, 3.8) is 0 Å². The predicted molar refractivity (Wildman–Crippen MR) is 76.1 cm³/mol. The zero-order chi connectivity index (χ0) is 13.0. The number of alkyl halides is 1. The molecule has 1 amide bonds. The summed E-state index contributed by atoms with van der Waals surface area (Å²) in [4.78, 5) is 18.8. The number of pyridine rings is 1. The van der Waals surface area contributed by atoms with Crippen molar-refractivity contribution in [1.29, 1.82) is 0 Å². The highest BCUT2D eigenvalue weighted by Gasteiger charge is 2.30. The second kappa shape index (κ2) is 6.32. The molecule has 1 saturated carbocycles. The molecule has 0 spiro atoms. The lowest BCUT2D eigenvalue weighted by molar-refractivity contribution is 0.0574. The predicted octanol–water partition coefficient (Wildman–Crippen LogP) is 3.17. The van der Waals surface area contributed by atoms with E-state index in [9.17, 15) is 4.79 Å². The molecule has 0 N–H and O–H groups in total. The molecule has 0 aromatic carbocycles. The minimum absolute atomic E-state index is 0.0961. The van der Waals surface area contributed by atoms with Gasteiger partial charge in [-0.25, -0.2) is 0 Å². The van der Waals surface area contributed by atoms with E-state index in [-0.39, 0.29) is 5.91 Å². The van der Waals surface area contributed by atoms with E-state index < -0.39 is 0 Å². The number of nitrogens with zero attached hydrogens (tertiary/aromatic N) is 2. The molecule has 1 aromatic heterocycles. The van der Waals surface area contributed by atoms with Gasteiger partial charge in [-0.15, -0.1) is 0 Å². The third kappa shape index (κ3) is 2.91. The number of amides is 1. The van der Waals surface area contributed by atoms with Crippen molar-refractivity contribution in [2.45, 2.75) is 38.6 Å². The van der Waals surface area contributed by atoms with Gasteiger partial charge in [-0.3, -0.25) is 9.78 Å². The maximum atomic E-state index is 12.6. The van der Waals surface area contributed by atoms with E-state index in [0.29, 0.717) is 11.7 Å². The quantitative estimate of drug-likeness (QED) is 0.783. The Balaban J connectivity index is 2.14. The number of carbonyl (C=O) groups excluding carboxylic acids is 1. The smallest absolute Gasteiger partial charge is 0.272 e. The number of halogens is 1. The zero-order valence-corrected chi connectivity index (χ0v) is 12.3. The molecule has 0 bridgehead atoms. The first kappa shape index (κ1) is 13.5. The van der Waals surface area contributed by atoms with Crippen LogP contribution in [0.15, 0.2) is 18.3 Å². The normalized spacial score (nSPS) is 15.2. The van der Waals surface area contributed by atoms with Crippen LogP contribution in [-0.2, 0) is 0 Å². The Bertz CT molecular complexity index is 418. The van der Waals surface area contributed by atoms with Crippen molar-refractivity contribution in [2.24, 2.45) is 0 Å². The second-order valence-electron chi connectivity index (χ2n) is 4.79. The largest absolute Gasteiger partial charge is 0.334 e. The van der Waals surface area contributed by atoms with Gasteiger partial charge in [0.05, 0.1) is 0 Å². The Morgan fingerprint density at radius 2 is 2.33 bits per heavy atom. The lowest BCUT2D eigenvalue weighted by Gasteiger charge is -2.37. The van der Waals surface area contributed by atoms with Crippen LogP contribution >= 0.6 is 15.9 Å². The minimum Gasteiger partial charge on any atom is -0.334 e. The van der Waals surface area contributed by atoms with Gasteiger partial charge >= 0.3 is 0 Å². The molecule has 0 unspecified atom stereocenters. The van der Waals surface area contributed by atoms with E-state index >= 15 is 0 Å². The average molecular weight is 311 g/mol. The van der Waals surface area contributed by atoms with Crippen LogP contribution in [0, 0.1) is 6.92 Å². The van der Waals surface area contributed by atoms with Crippen LogP contribution in [0.1, 0.15) is 41.7 Å². The van der Waals surface area contributed by atoms with Crippen LogP contribution in [0.5, 0.6) is 0 Å². The van der Waals surface area contributed by atoms with Gasteiger partial charge in [0.1, 0.15) is 5.69 Å². The van der Waals surface area contributed by atoms with Crippen molar-refractivity contribution in [3.8, 4) is 0 Å². The van der Waals surface area contributed by atoms with Gasteiger partial charge in [-0.05, 0) is 44.2 Å². The van der Waals surface area contributed by atoms with E-state index in [2.05, 4.69) is 20.9 Å². The van der Waals surface area contributed by atoms with Crippen molar-refractivity contribution in [3.05, 3.63) is 29.6 Å². The van der Waals surface area contributed by atoms with E-state index in [0.717, 1.165) is 36.7 Å². The summed E-state index contributed by atoms with van der Waals surface area (Å²) in [5.41, 5.74) is 1.57. The van der Waals surface area contributed by atoms with Crippen molar-refractivity contribution in [2.75, 3.05) is 11.9 Å². The second-order valence-corrected chi connectivity index (χ2v) is 5.59. The van der Waals surface area contributed by atoms with Crippen molar-refractivity contribution >= 4 is 21.8 Å². The number of hydrogen-bond donors (Lipinski definition) is 0. The van der Waals surface area contributed by atoms with Crippen LogP contribution in [0.2, 0.25) is 0 Å². The average Bonchev–Trinajstić information content (AvgIpc) is 2.32. The summed E-state index contributed by atoms with van der Waals surface area (Å²) in [7, 11) is 0. The summed E-state index contributed by atoms with van der Waals surface area (Å²) in [5, 5.41) is 0.935. The highest BCUT2D eigenvalue weighted by molar-refractivity contribution is 9.09. The Morgan fingerprint density at radius 1 is 1.56 bits per heavy atom. The summed E-state index contributed by atoms with van der Waals surface area (Å²) >= 11 is 3.43. The fourth-order valence-electron chi connectivity index (χ4n) is 2.22. The molecule has 98 valence electrons. The van der Waals surface area contributed by atoms with Gasteiger partial charge in [-0.2, -0.15) is 0 Å². The molecule has 3 nitrogen and oxygen atoms in total. The molecule has 0 atom stereocenters. The van der Waals surface area contributed by atoms with Gasteiger partial charge < -0.3 is 4.90 Å². The molecule has 1 fully saturated rings. The third-order valence-electron chi connectivity index (χ3n) is 3.52. The molecule has 1 aliphatic carbocycles. The minimum atomic E-state index is 0.0961. The number of hydrogen-bond acceptors (Lipinski definition) is 2. The molecule has 2 rings (SSSR count). The highest BCUT2D eigenvalue weighted by atomic mass is 79.9. The molecule has 1 aliphatic rings. The molecule has 1 aromatic rings. The molecule has 0 radical (unpaired) electrons. The van der Waals surface area contributed by atoms with Crippen LogP contribution in [-0.4, -0.2) is 33.7 Å². The van der Waals surface area contributed by atoms with Crippen molar-refractivity contribution < 1.29 is 4.79 Å². The van der Waals surface area contributed by atoms with Gasteiger partial charge in [0.25, 0.3) is 5.91 Å². The molecule has 0 saturated heterocycles. The van der Waals surface area contributed by atoms with Crippen LogP contribution < -0.4 is 0 Å². The summed E-state index contributed by atoms with van der Waals surface area (Å²) in [6.07, 6.45) is 6.21. The van der Waals surface area contributed by atoms with E-state index in [1.807, 2.05) is 24.0 Å². The topological polar surface area (TPSA) is 33.2 Å². The molecule has 0 aliphatic heterocycles. The Morgan fingerprint density at radius 3 is 2.89 bits per heavy atom. The fraction of sp³-hybridized carbons (Fsp3) is 0.571. The molecule has 4 heteroatoms. The Hall–Kier alpha value is -0.900. The molecular formula is C14H19BrN2O. The van der Waals surface area contributed by atoms with Gasteiger partial charge in [0.2, 0.25) is 0 Å². The van der Waals surface area contributed by atoms with Crippen LogP contribution in [0.3, 0.4) is 0 Å². The van der Waals surface area contributed by atoms with Gasteiger partial charge in [0, 0.05) is 24.1 Å². The van der Waals surface area contributed by atoms with Crippen molar-refractivity contribution in [1.82, 2.24) is 9.88 Å². The standard InChI is InChI=1S/C14H19BrN2O/c1-11-5-3-9-16-13(11)14(18)17(10-4-8-15)12-6-2-7-12/h3,5,9,12H,2,4,6-8,10H2,1H3. The van der Waals surface area contributed by atoms with Gasteiger partial charge in [0.15, 0.2) is 0 Å². The summed E-state index contributed by atoms with van der Waals surface area (Å²) < 4.78 is 0. The summed E-state index contributed by atoms with van der Waals surface area (Å²) in [5.74, 6) is 0.0961. The third-order valence-corrected chi connectivity index (χ3v) is 4.08. The Labute approximate surface area is 117 Å². The first-order valence-corrected chi connectivity index (χ1v) is 7.64. The molecular weight excluding hydrogens is 292 g/mol. The van der Waals surface area contributed by atoms with Crippen LogP contribution in [0.25, 0.3) is 0 Å². The molecule has 1 heterocycles.